The van der Waals surface area contributed by atoms with Gasteiger partial charge in [-0.1, -0.05) is 24.3 Å². The van der Waals surface area contributed by atoms with Gasteiger partial charge in [-0.15, -0.1) is 0 Å². The van der Waals surface area contributed by atoms with Crippen LogP contribution in [0.5, 0.6) is 5.75 Å². The maximum atomic E-state index is 12.3. The summed E-state index contributed by atoms with van der Waals surface area (Å²) in [5.74, 6) is -1.56. The van der Waals surface area contributed by atoms with Crippen molar-refractivity contribution in [2.75, 3.05) is 25.1 Å². The van der Waals surface area contributed by atoms with E-state index < -0.39 is 11.8 Å². The lowest BCUT2D eigenvalue weighted by Gasteiger charge is -2.12. The van der Waals surface area contributed by atoms with Crippen LogP contribution in [-0.4, -0.2) is 49.8 Å². The number of aryl methyl sites for hydroxylation is 1. The first kappa shape index (κ1) is 26.5. The van der Waals surface area contributed by atoms with Gasteiger partial charge in [-0.05, 0) is 63.4 Å². The summed E-state index contributed by atoms with van der Waals surface area (Å²) in [4.78, 5) is 36.0. The van der Waals surface area contributed by atoms with E-state index in [1.54, 1.807) is 24.3 Å². The van der Waals surface area contributed by atoms with Crippen LogP contribution < -0.4 is 20.8 Å². The number of rotatable bonds is 11. The Morgan fingerprint density at radius 2 is 1.79 bits per heavy atom. The van der Waals surface area contributed by atoms with Crippen molar-refractivity contribution in [1.82, 2.24) is 10.7 Å². The molecule has 182 valence electrons. The Balaban J connectivity index is 1.82. The average Bonchev–Trinajstić information content (AvgIpc) is 2.80. The number of carbonyl (C=O) groups is 3. The van der Waals surface area contributed by atoms with Crippen molar-refractivity contribution in [3.8, 4) is 5.75 Å². The van der Waals surface area contributed by atoms with Gasteiger partial charge >= 0.3 is 11.8 Å². The molecular weight excluding hydrogens is 436 g/mol. The third-order valence-electron chi connectivity index (χ3n) is 4.79. The molecule has 0 atom stereocenters. The fourth-order valence-electron chi connectivity index (χ4n) is 2.82. The molecule has 0 bridgehead atoms. The predicted octanol–water partition coefficient (Wildman–Crippen LogP) is 2.70. The summed E-state index contributed by atoms with van der Waals surface area (Å²) in [6, 6.07) is 12.6. The summed E-state index contributed by atoms with van der Waals surface area (Å²) < 4.78 is 11.0. The lowest BCUT2D eigenvalue weighted by molar-refractivity contribution is -0.139. The summed E-state index contributed by atoms with van der Waals surface area (Å²) in [7, 11) is 0. The molecule has 0 aliphatic carbocycles. The summed E-state index contributed by atoms with van der Waals surface area (Å²) in [5.41, 5.74) is 5.52. The van der Waals surface area contributed by atoms with Gasteiger partial charge in [-0.3, -0.25) is 14.4 Å². The minimum absolute atomic E-state index is 0.118. The minimum Gasteiger partial charge on any atom is -0.483 e. The third-order valence-corrected chi connectivity index (χ3v) is 4.79. The van der Waals surface area contributed by atoms with Crippen LogP contribution in [0.15, 0.2) is 47.6 Å². The second-order valence-corrected chi connectivity index (χ2v) is 7.85. The highest BCUT2D eigenvalue weighted by atomic mass is 16.5. The highest BCUT2D eigenvalue weighted by Crippen LogP contribution is 2.19. The standard InChI is InChI=1S/C25H32N4O5/c1-17(2)33-14-8-13-26-24(31)25(32)29-27-15-20-10-5-6-12-22(20)34-16-23(30)28-21-11-7-9-18(3)19(21)4/h5-7,9-12,15,17H,8,13-14,16H2,1-4H3,(H,26,31)(H,28,30)(H,29,32)/b27-15-. The normalized spacial score (nSPS) is 10.9. The Hall–Kier alpha value is -3.72. The molecule has 34 heavy (non-hydrogen) atoms. The van der Waals surface area contributed by atoms with Crippen molar-refractivity contribution in [3.05, 3.63) is 59.2 Å². The number of amides is 3. The zero-order valence-corrected chi connectivity index (χ0v) is 20.0. The summed E-state index contributed by atoms with van der Waals surface area (Å²) in [6.45, 7) is 8.38. The molecule has 0 aliphatic heterocycles. The molecule has 0 saturated heterocycles. The van der Waals surface area contributed by atoms with Gasteiger partial charge in [-0.25, -0.2) is 5.43 Å². The van der Waals surface area contributed by atoms with Crippen molar-refractivity contribution >= 4 is 29.6 Å². The Bertz CT molecular complexity index is 1020. The lowest BCUT2D eigenvalue weighted by atomic mass is 10.1. The number of hydrogen-bond acceptors (Lipinski definition) is 6. The van der Waals surface area contributed by atoms with Gasteiger partial charge in [0.05, 0.1) is 12.3 Å². The summed E-state index contributed by atoms with van der Waals surface area (Å²) >= 11 is 0. The number of benzene rings is 2. The molecule has 9 nitrogen and oxygen atoms in total. The highest BCUT2D eigenvalue weighted by molar-refractivity contribution is 6.35. The number of nitrogens with zero attached hydrogens (tertiary/aromatic N) is 1. The van der Waals surface area contributed by atoms with Crippen LogP contribution in [0.2, 0.25) is 0 Å². The third kappa shape index (κ3) is 9.03. The van der Waals surface area contributed by atoms with E-state index in [0.717, 1.165) is 16.8 Å². The molecule has 0 spiro atoms. The number of carbonyl (C=O) groups excluding carboxylic acids is 3. The number of ether oxygens (including phenoxy) is 2. The van der Waals surface area contributed by atoms with Crippen molar-refractivity contribution in [2.24, 2.45) is 5.10 Å². The second kappa shape index (κ2) is 13.7. The highest BCUT2D eigenvalue weighted by Gasteiger charge is 2.12. The molecule has 0 fully saturated rings. The quantitative estimate of drug-likeness (QED) is 0.203. The van der Waals surface area contributed by atoms with E-state index >= 15 is 0 Å². The van der Waals surface area contributed by atoms with E-state index in [4.69, 9.17) is 9.47 Å². The maximum Gasteiger partial charge on any atom is 0.329 e. The average molecular weight is 469 g/mol. The van der Waals surface area contributed by atoms with E-state index in [1.165, 1.54) is 6.21 Å². The Kier molecular flexibility index (Phi) is 10.7. The summed E-state index contributed by atoms with van der Waals surface area (Å²) in [6.07, 6.45) is 2.06. The second-order valence-electron chi connectivity index (χ2n) is 7.85. The van der Waals surface area contributed by atoms with Crippen molar-refractivity contribution in [3.63, 3.8) is 0 Å². The van der Waals surface area contributed by atoms with Gasteiger partial charge in [0.15, 0.2) is 6.61 Å². The molecule has 0 unspecified atom stereocenters. The van der Waals surface area contributed by atoms with Crippen LogP contribution in [0.4, 0.5) is 5.69 Å². The fraction of sp³-hybridized carbons (Fsp3) is 0.360. The van der Waals surface area contributed by atoms with Crippen LogP contribution in [0.25, 0.3) is 0 Å². The maximum absolute atomic E-state index is 12.3. The van der Waals surface area contributed by atoms with Crippen LogP contribution >= 0.6 is 0 Å². The molecule has 3 N–H and O–H groups in total. The minimum atomic E-state index is -0.882. The number of nitrogens with one attached hydrogen (secondary N) is 3. The molecule has 0 aliphatic rings. The van der Waals surface area contributed by atoms with Gasteiger partial charge < -0.3 is 20.1 Å². The molecule has 3 amide bonds. The SMILES string of the molecule is Cc1cccc(NC(=O)COc2ccccc2/C=N\NC(=O)C(=O)NCCCOC(C)C)c1C. The van der Waals surface area contributed by atoms with Gasteiger partial charge in [0.2, 0.25) is 0 Å². The Morgan fingerprint density at radius 3 is 2.56 bits per heavy atom. The van der Waals surface area contributed by atoms with E-state index in [0.29, 0.717) is 30.9 Å². The molecule has 2 aromatic rings. The molecule has 0 radical (unpaired) electrons. The van der Waals surface area contributed by atoms with Crippen molar-refractivity contribution in [1.29, 1.82) is 0 Å². The first-order valence-electron chi connectivity index (χ1n) is 11.1. The topological polar surface area (TPSA) is 118 Å². The fourth-order valence-corrected chi connectivity index (χ4v) is 2.82. The Labute approximate surface area is 199 Å². The number of para-hydroxylation sites is 1. The molecule has 0 heterocycles. The molecule has 2 aromatic carbocycles. The van der Waals surface area contributed by atoms with E-state index in [2.05, 4.69) is 21.2 Å². The number of anilines is 1. The molecule has 0 saturated carbocycles. The van der Waals surface area contributed by atoms with Crippen molar-refractivity contribution in [2.45, 2.75) is 40.2 Å². The van der Waals surface area contributed by atoms with Gasteiger partial charge in [-0.2, -0.15) is 5.10 Å². The first-order valence-corrected chi connectivity index (χ1v) is 11.1. The van der Waals surface area contributed by atoms with Crippen LogP contribution in [0.1, 0.15) is 37.0 Å². The zero-order valence-electron chi connectivity index (χ0n) is 20.0. The van der Waals surface area contributed by atoms with E-state index in [-0.39, 0.29) is 18.6 Å². The molecule has 9 heteroatoms. The zero-order chi connectivity index (χ0) is 24.9. The van der Waals surface area contributed by atoms with Crippen LogP contribution in [-0.2, 0) is 19.1 Å². The van der Waals surface area contributed by atoms with Gasteiger partial charge in [0, 0.05) is 24.4 Å². The van der Waals surface area contributed by atoms with E-state index in [1.807, 2.05) is 45.9 Å². The first-order chi connectivity index (χ1) is 16.3. The summed E-state index contributed by atoms with van der Waals surface area (Å²) in [5, 5.41) is 9.15. The van der Waals surface area contributed by atoms with E-state index in [9.17, 15) is 14.4 Å². The number of hydrogen-bond donors (Lipinski definition) is 3. The number of hydrazone groups is 1. The predicted molar refractivity (Wildman–Crippen MR) is 131 cm³/mol. The van der Waals surface area contributed by atoms with Crippen molar-refractivity contribution < 1.29 is 23.9 Å². The molecule has 2 rings (SSSR count). The van der Waals surface area contributed by atoms with Gasteiger partial charge in [0.25, 0.3) is 5.91 Å². The Morgan fingerprint density at radius 1 is 1.03 bits per heavy atom. The smallest absolute Gasteiger partial charge is 0.329 e. The molecule has 0 aromatic heterocycles. The largest absolute Gasteiger partial charge is 0.483 e. The monoisotopic (exact) mass is 468 g/mol. The lowest BCUT2D eigenvalue weighted by Crippen LogP contribution is -2.38. The molecular formula is C25H32N4O5. The van der Waals surface area contributed by atoms with Gasteiger partial charge in [0.1, 0.15) is 5.75 Å². The van der Waals surface area contributed by atoms with Crippen LogP contribution in [0, 0.1) is 13.8 Å². The van der Waals surface area contributed by atoms with Crippen LogP contribution in [0.3, 0.4) is 0 Å².